The lowest BCUT2D eigenvalue weighted by Gasteiger charge is -2.28. The smallest absolute Gasteiger partial charge is 0.128 e. The summed E-state index contributed by atoms with van der Waals surface area (Å²) in [6.07, 6.45) is 21.3. The fourth-order valence-corrected chi connectivity index (χ4v) is 4.71. The molecule has 0 N–H and O–H groups in total. The van der Waals surface area contributed by atoms with Crippen LogP contribution in [-0.4, -0.2) is 9.97 Å². The van der Waals surface area contributed by atoms with Crippen LogP contribution in [0.5, 0.6) is 0 Å². The first-order valence-electron chi connectivity index (χ1n) is 12.2. The monoisotopic (exact) mass is 392 g/mol. The van der Waals surface area contributed by atoms with Crippen molar-refractivity contribution in [1.82, 2.24) is 9.97 Å². The van der Waals surface area contributed by atoms with E-state index in [2.05, 4.69) is 48.1 Å². The molecule has 29 heavy (non-hydrogen) atoms. The first-order chi connectivity index (χ1) is 14.3. The number of hydrogen-bond acceptors (Lipinski definition) is 2. The van der Waals surface area contributed by atoms with Crippen LogP contribution in [0, 0.1) is 11.8 Å². The van der Waals surface area contributed by atoms with Crippen molar-refractivity contribution in [2.24, 2.45) is 11.8 Å². The SMILES string of the molecule is CCCCCc1ccc(-c2cnc(CC[C@H]3CC[C@H](CCCC)CC3)nc2)cc1. The number of unbranched alkanes of at least 4 members (excludes halogenated alkanes) is 3. The summed E-state index contributed by atoms with van der Waals surface area (Å²) in [6, 6.07) is 8.96. The predicted molar refractivity (Wildman–Crippen MR) is 124 cm³/mol. The quantitative estimate of drug-likeness (QED) is 0.364. The van der Waals surface area contributed by atoms with Gasteiger partial charge in [0.1, 0.15) is 5.82 Å². The summed E-state index contributed by atoms with van der Waals surface area (Å²) >= 11 is 0. The number of rotatable bonds is 11. The lowest BCUT2D eigenvalue weighted by molar-refractivity contribution is 0.249. The highest BCUT2D eigenvalue weighted by atomic mass is 14.9. The predicted octanol–water partition coefficient (Wildman–Crippen LogP) is 7.81. The highest BCUT2D eigenvalue weighted by Crippen LogP contribution is 2.34. The molecule has 0 radical (unpaired) electrons. The molecule has 1 fully saturated rings. The lowest BCUT2D eigenvalue weighted by atomic mass is 9.78. The van der Waals surface area contributed by atoms with Gasteiger partial charge in [-0.15, -0.1) is 0 Å². The third kappa shape index (κ3) is 7.24. The second kappa shape index (κ2) is 12.1. The Hall–Kier alpha value is -1.70. The van der Waals surface area contributed by atoms with Crippen LogP contribution in [0.15, 0.2) is 36.7 Å². The maximum Gasteiger partial charge on any atom is 0.128 e. The van der Waals surface area contributed by atoms with Crippen LogP contribution in [-0.2, 0) is 12.8 Å². The zero-order valence-electron chi connectivity index (χ0n) is 18.7. The number of nitrogens with zero attached hydrogens (tertiary/aromatic N) is 2. The van der Waals surface area contributed by atoms with Gasteiger partial charge in [0.05, 0.1) is 0 Å². The van der Waals surface area contributed by atoms with Crippen molar-refractivity contribution in [1.29, 1.82) is 0 Å². The first-order valence-corrected chi connectivity index (χ1v) is 12.2. The van der Waals surface area contributed by atoms with E-state index in [0.29, 0.717) is 0 Å². The Bertz CT molecular complexity index is 681. The molecule has 1 aromatic heterocycles. The van der Waals surface area contributed by atoms with Crippen molar-refractivity contribution in [2.45, 2.75) is 97.3 Å². The summed E-state index contributed by atoms with van der Waals surface area (Å²) in [5.74, 6) is 2.90. The first kappa shape index (κ1) is 22.0. The van der Waals surface area contributed by atoms with Crippen molar-refractivity contribution in [3.05, 3.63) is 48.0 Å². The molecule has 1 aliphatic rings. The van der Waals surface area contributed by atoms with Crippen molar-refractivity contribution >= 4 is 0 Å². The molecule has 0 unspecified atom stereocenters. The maximum atomic E-state index is 4.67. The summed E-state index contributed by atoms with van der Waals surface area (Å²) in [6.45, 7) is 4.56. The van der Waals surface area contributed by atoms with E-state index < -0.39 is 0 Å². The summed E-state index contributed by atoms with van der Waals surface area (Å²) in [5, 5.41) is 0. The molecule has 0 aliphatic heterocycles. The van der Waals surface area contributed by atoms with Gasteiger partial charge in [0.25, 0.3) is 0 Å². The summed E-state index contributed by atoms with van der Waals surface area (Å²) < 4.78 is 0. The number of hydrogen-bond donors (Lipinski definition) is 0. The molecule has 2 aromatic rings. The van der Waals surface area contributed by atoms with Crippen LogP contribution in [0.3, 0.4) is 0 Å². The van der Waals surface area contributed by atoms with Crippen LogP contribution < -0.4 is 0 Å². The molecule has 0 spiro atoms. The molecule has 2 nitrogen and oxygen atoms in total. The van der Waals surface area contributed by atoms with E-state index in [1.54, 1.807) is 0 Å². The number of aryl methyl sites for hydroxylation is 2. The normalized spacial score (nSPS) is 19.4. The van der Waals surface area contributed by atoms with Gasteiger partial charge in [-0.1, -0.05) is 95.9 Å². The summed E-state index contributed by atoms with van der Waals surface area (Å²) in [5.41, 5.74) is 3.79. The van der Waals surface area contributed by atoms with E-state index in [4.69, 9.17) is 0 Å². The van der Waals surface area contributed by atoms with Crippen LogP contribution in [0.4, 0.5) is 0 Å². The maximum absolute atomic E-state index is 4.67. The highest BCUT2D eigenvalue weighted by Gasteiger charge is 2.20. The Morgan fingerprint density at radius 2 is 1.31 bits per heavy atom. The van der Waals surface area contributed by atoms with Gasteiger partial charge in [-0.05, 0) is 42.2 Å². The van der Waals surface area contributed by atoms with Crippen molar-refractivity contribution in [3.8, 4) is 11.1 Å². The minimum Gasteiger partial charge on any atom is -0.241 e. The van der Waals surface area contributed by atoms with Gasteiger partial charge in [-0.2, -0.15) is 0 Å². The standard InChI is InChI=1S/C27H40N2/c1-3-5-7-9-23-14-17-25(18-15-23)26-20-28-27(29-21-26)19-16-24-12-10-22(11-13-24)8-6-4-2/h14-15,17-18,20-22,24H,3-13,16,19H2,1-2H3/t22-,24-. The Labute approximate surface area is 178 Å². The molecule has 1 heterocycles. The van der Waals surface area contributed by atoms with Gasteiger partial charge >= 0.3 is 0 Å². The second-order valence-corrected chi connectivity index (χ2v) is 9.11. The minimum atomic E-state index is 0.886. The molecule has 158 valence electrons. The fraction of sp³-hybridized carbons (Fsp3) is 0.630. The topological polar surface area (TPSA) is 25.8 Å². The Kier molecular flexibility index (Phi) is 9.18. The van der Waals surface area contributed by atoms with Crippen LogP contribution in [0.2, 0.25) is 0 Å². The largest absolute Gasteiger partial charge is 0.241 e. The third-order valence-corrected chi connectivity index (χ3v) is 6.77. The highest BCUT2D eigenvalue weighted by molar-refractivity contribution is 5.61. The van der Waals surface area contributed by atoms with E-state index >= 15 is 0 Å². The molecule has 3 rings (SSSR count). The van der Waals surface area contributed by atoms with Crippen LogP contribution >= 0.6 is 0 Å². The number of aromatic nitrogens is 2. The Balaban J connectivity index is 1.43. The van der Waals surface area contributed by atoms with Crippen LogP contribution in [0.25, 0.3) is 11.1 Å². The molecular formula is C27H40N2. The van der Waals surface area contributed by atoms with E-state index in [1.807, 2.05) is 12.4 Å². The Morgan fingerprint density at radius 3 is 1.93 bits per heavy atom. The van der Waals surface area contributed by atoms with Gasteiger partial charge in [-0.3, -0.25) is 0 Å². The van der Waals surface area contributed by atoms with E-state index in [9.17, 15) is 0 Å². The van der Waals surface area contributed by atoms with Crippen molar-refractivity contribution in [2.75, 3.05) is 0 Å². The van der Waals surface area contributed by atoms with Crippen molar-refractivity contribution < 1.29 is 0 Å². The van der Waals surface area contributed by atoms with Gasteiger partial charge in [0.2, 0.25) is 0 Å². The van der Waals surface area contributed by atoms with Crippen LogP contribution in [0.1, 0.15) is 95.9 Å². The zero-order chi connectivity index (χ0) is 20.3. The van der Waals surface area contributed by atoms with E-state index in [-0.39, 0.29) is 0 Å². The molecule has 1 aliphatic carbocycles. The van der Waals surface area contributed by atoms with E-state index in [1.165, 1.54) is 88.2 Å². The van der Waals surface area contributed by atoms with Gasteiger partial charge in [0.15, 0.2) is 0 Å². The van der Waals surface area contributed by atoms with Gasteiger partial charge < -0.3 is 0 Å². The zero-order valence-corrected chi connectivity index (χ0v) is 18.7. The van der Waals surface area contributed by atoms with Gasteiger partial charge in [-0.25, -0.2) is 9.97 Å². The summed E-state index contributed by atoms with van der Waals surface area (Å²) in [7, 11) is 0. The lowest BCUT2D eigenvalue weighted by Crippen LogP contribution is -2.15. The minimum absolute atomic E-state index is 0.886. The summed E-state index contributed by atoms with van der Waals surface area (Å²) in [4.78, 5) is 9.33. The fourth-order valence-electron chi connectivity index (χ4n) is 4.71. The Morgan fingerprint density at radius 1 is 0.690 bits per heavy atom. The molecule has 1 aromatic carbocycles. The molecule has 0 amide bonds. The number of benzene rings is 1. The second-order valence-electron chi connectivity index (χ2n) is 9.11. The third-order valence-electron chi connectivity index (χ3n) is 6.77. The van der Waals surface area contributed by atoms with E-state index in [0.717, 1.165) is 29.6 Å². The average molecular weight is 393 g/mol. The van der Waals surface area contributed by atoms with Gasteiger partial charge in [0, 0.05) is 24.4 Å². The average Bonchev–Trinajstić information content (AvgIpc) is 2.78. The molecule has 2 heteroatoms. The molecular weight excluding hydrogens is 352 g/mol. The molecule has 0 atom stereocenters. The molecule has 0 saturated heterocycles. The van der Waals surface area contributed by atoms with Crippen molar-refractivity contribution in [3.63, 3.8) is 0 Å². The molecule has 1 saturated carbocycles. The molecule has 0 bridgehead atoms.